The number of esters is 1. The molecule has 1 saturated heterocycles. The molecular weight excluding hydrogens is 526 g/mol. The van der Waals surface area contributed by atoms with Crippen molar-refractivity contribution in [1.29, 1.82) is 0 Å². The lowest BCUT2D eigenvalue weighted by molar-refractivity contribution is -0.0390. The predicted octanol–water partition coefficient (Wildman–Crippen LogP) is 5.22. The summed E-state index contributed by atoms with van der Waals surface area (Å²) in [7, 11) is -2.24. The second-order valence-electron chi connectivity index (χ2n) is 11.2. The second-order valence-corrected chi connectivity index (χ2v) is 16.0. The number of ether oxygens (including phenoxy) is 2. The van der Waals surface area contributed by atoms with Crippen LogP contribution < -0.4 is 5.32 Å². The van der Waals surface area contributed by atoms with Gasteiger partial charge >= 0.3 is 5.97 Å². The van der Waals surface area contributed by atoms with Gasteiger partial charge in [0, 0.05) is 5.56 Å². The van der Waals surface area contributed by atoms with Crippen molar-refractivity contribution in [2.45, 2.75) is 57.3 Å². The number of carbonyl (C=O) groups excluding carboxylic acids is 2. The van der Waals surface area contributed by atoms with Gasteiger partial charge in [-0.3, -0.25) is 9.36 Å². The predicted molar refractivity (Wildman–Crippen MR) is 152 cm³/mol. The summed E-state index contributed by atoms with van der Waals surface area (Å²) >= 11 is 0. The Morgan fingerprint density at radius 3 is 2.27 bits per heavy atom. The summed E-state index contributed by atoms with van der Waals surface area (Å²) in [6, 6.07) is 17.7. The van der Waals surface area contributed by atoms with Gasteiger partial charge in [0.1, 0.15) is 12.4 Å². The Balaban J connectivity index is 1.47. The van der Waals surface area contributed by atoms with Gasteiger partial charge in [-0.05, 0) is 42.4 Å². The average molecular weight is 560 g/mol. The topological polar surface area (TPSA) is 117 Å². The maximum atomic E-state index is 13.2. The summed E-state index contributed by atoms with van der Waals surface area (Å²) < 4.78 is 20.7. The van der Waals surface area contributed by atoms with E-state index >= 15 is 0 Å². The van der Waals surface area contributed by atoms with Crippen LogP contribution in [0.3, 0.4) is 0 Å². The summed E-state index contributed by atoms with van der Waals surface area (Å²) in [6.45, 7) is 11.0. The highest BCUT2D eigenvalue weighted by atomic mass is 28.4. The van der Waals surface area contributed by atoms with Crippen molar-refractivity contribution in [3.63, 3.8) is 0 Å². The number of imidazole rings is 1. The Morgan fingerprint density at radius 2 is 1.62 bits per heavy atom. The van der Waals surface area contributed by atoms with Crippen molar-refractivity contribution in [1.82, 2.24) is 19.5 Å². The fraction of sp³-hybridized carbons (Fsp3) is 0.345. The molecule has 0 aliphatic carbocycles. The summed E-state index contributed by atoms with van der Waals surface area (Å²) in [6.07, 6.45) is 0.900. The largest absolute Gasteiger partial charge is 0.451 e. The zero-order chi connectivity index (χ0) is 28.5. The molecule has 0 saturated carbocycles. The number of benzene rings is 2. The highest BCUT2D eigenvalue weighted by Crippen LogP contribution is 2.41. The minimum atomic E-state index is -2.24. The Kier molecular flexibility index (Phi) is 7.54. The molecular formula is C29H33N5O5Si. The van der Waals surface area contributed by atoms with Crippen molar-refractivity contribution in [3.8, 4) is 0 Å². The molecule has 1 N–H and O–H groups in total. The quantitative estimate of drug-likeness (QED) is 0.242. The summed E-state index contributed by atoms with van der Waals surface area (Å²) in [5.41, 5.74) is 1.74. The molecule has 10 nitrogen and oxygen atoms in total. The lowest BCUT2D eigenvalue weighted by Gasteiger charge is -2.39. The van der Waals surface area contributed by atoms with Crippen LogP contribution in [0.4, 0.5) is 5.82 Å². The number of anilines is 1. The third kappa shape index (κ3) is 5.53. The molecule has 1 aliphatic heterocycles. The molecule has 208 valence electrons. The third-order valence-electron chi connectivity index (χ3n) is 7.48. The van der Waals surface area contributed by atoms with Crippen molar-refractivity contribution >= 4 is 37.2 Å². The molecule has 11 heteroatoms. The molecule has 0 bridgehead atoms. The van der Waals surface area contributed by atoms with E-state index in [0.29, 0.717) is 22.3 Å². The number of amides is 1. The van der Waals surface area contributed by atoms with Crippen LogP contribution in [-0.4, -0.2) is 58.5 Å². The van der Waals surface area contributed by atoms with Gasteiger partial charge in [-0.2, -0.15) is 0 Å². The van der Waals surface area contributed by atoms with E-state index in [4.69, 9.17) is 13.9 Å². The van der Waals surface area contributed by atoms with Crippen LogP contribution in [0, 0.1) is 0 Å². The van der Waals surface area contributed by atoms with E-state index < -0.39 is 32.7 Å². The van der Waals surface area contributed by atoms with E-state index in [1.54, 1.807) is 59.4 Å². The van der Waals surface area contributed by atoms with Gasteiger partial charge in [0.2, 0.25) is 0 Å². The van der Waals surface area contributed by atoms with Crippen LogP contribution in [-0.2, 0) is 13.9 Å². The van der Waals surface area contributed by atoms with Crippen molar-refractivity contribution in [2.75, 3.05) is 11.9 Å². The van der Waals surface area contributed by atoms with Crippen molar-refractivity contribution in [2.24, 2.45) is 0 Å². The molecule has 1 aliphatic rings. The minimum absolute atomic E-state index is 0.0557. The van der Waals surface area contributed by atoms with E-state index in [-0.39, 0.29) is 23.4 Å². The number of fused-ring (bicyclic) bond motifs is 1. The highest BCUT2D eigenvalue weighted by molar-refractivity contribution is 6.74. The highest BCUT2D eigenvalue weighted by Gasteiger charge is 2.48. The molecule has 4 aromatic rings. The molecule has 5 rings (SSSR count). The molecule has 3 atom stereocenters. The molecule has 2 aromatic carbocycles. The van der Waals surface area contributed by atoms with Crippen LogP contribution in [0.1, 0.15) is 47.7 Å². The standard InChI is InChI=1S/C29H33N5O5Si/c1-29(2,3)40(4,5)39-21-16-37-27(23(21)38-28(36)20-14-10-7-11-15-20)34-18-32-22-24(30-17-31-25(22)34)33-26(35)19-12-8-6-9-13-19/h6-15,17-18,21,23,27H,16H2,1-5H3,(H,30,31,33,35)/t21-,23+,27+/m0/s1. The Morgan fingerprint density at radius 1 is 0.975 bits per heavy atom. The number of rotatable bonds is 7. The van der Waals surface area contributed by atoms with E-state index in [1.807, 2.05) is 12.1 Å². The zero-order valence-electron chi connectivity index (χ0n) is 23.2. The first kappa shape index (κ1) is 27.6. The molecule has 2 aromatic heterocycles. The smallest absolute Gasteiger partial charge is 0.338 e. The normalized spacial score (nSPS) is 19.5. The van der Waals surface area contributed by atoms with Crippen LogP contribution >= 0.6 is 0 Å². The van der Waals surface area contributed by atoms with E-state index in [0.717, 1.165) is 0 Å². The number of hydrogen-bond acceptors (Lipinski definition) is 8. The van der Waals surface area contributed by atoms with Crippen LogP contribution in [0.2, 0.25) is 18.1 Å². The lowest BCUT2D eigenvalue weighted by atomic mass is 10.2. The van der Waals surface area contributed by atoms with E-state index in [9.17, 15) is 9.59 Å². The van der Waals surface area contributed by atoms with Crippen molar-refractivity contribution in [3.05, 3.63) is 84.4 Å². The zero-order valence-corrected chi connectivity index (χ0v) is 24.2. The number of hydrogen-bond donors (Lipinski definition) is 1. The Labute approximate surface area is 233 Å². The average Bonchev–Trinajstić information content (AvgIpc) is 3.53. The number of nitrogens with zero attached hydrogens (tertiary/aromatic N) is 4. The molecule has 0 unspecified atom stereocenters. The molecule has 1 amide bonds. The van der Waals surface area contributed by atoms with Crippen molar-refractivity contribution < 1.29 is 23.5 Å². The van der Waals surface area contributed by atoms with Crippen LogP contribution in [0.5, 0.6) is 0 Å². The van der Waals surface area contributed by atoms with Gasteiger partial charge < -0.3 is 19.2 Å². The van der Waals surface area contributed by atoms with Crippen LogP contribution in [0.25, 0.3) is 11.2 Å². The number of aromatic nitrogens is 4. The lowest BCUT2D eigenvalue weighted by Crippen LogP contribution is -2.48. The van der Waals surface area contributed by atoms with E-state index in [1.165, 1.54) is 6.33 Å². The summed E-state index contributed by atoms with van der Waals surface area (Å²) in [4.78, 5) is 39.1. The van der Waals surface area contributed by atoms with Gasteiger partial charge in [-0.1, -0.05) is 57.2 Å². The fourth-order valence-electron chi connectivity index (χ4n) is 4.26. The molecule has 0 radical (unpaired) electrons. The van der Waals surface area contributed by atoms with Gasteiger partial charge in [-0.25, -0.2) is 19.7 Å². The molecule has 40 heavy (non-hydrogen) atoms. The molecule has 0 spiro atoms. The van der Waals surface area contributed by atoms with Gasteiger partial charge in [-0.15, -0.1) is 0 Å². The maximum absolute atomic E-state index is 13.2. The fourth-order valence-corrected chi connectivity index (χ4v) is 5.57. The number of nitrogens with one attached hydrogen (secondary N) is 1. The van der Waals surface area contributed by atoms with Crippen LogP contribution in [0.15, 0.2) is 73.3 Å². The first-order valence-electron chi connectivity index (χ1n) is 13.1. The first-order chi connectivity index (χ1) is 19.0. The van der Waals surface area contributed by atoms with E-state index in [2.05, 4.69) is 54.1 Å². The van der Waals surface area contributed by atoms with Gasteiger partial charge in [0.25, 0.3) is 5.91 Å². The second kappa shape index (κ2) is 10.9. The third-order valence-corrected chi connectivity index (χ3v) is 12.0. The SMILES string of the molecule is CC(C)(C)[Si](C)(C)O[C@H]1CO[C@@H](n2cnc3c(NC(=O)c4ccccc4)ncnc32)[C@@H]1OC(=O)c1ccccc1. The molecule has 3 heterocycles. The maximum Gasteiger partial charge on any atom is 0.338 e. The first-order valence-corrected chi connectivity index (χ1v) is 16.1. The Hall–Kier alpha value is -3.93. The number of carbonyl (C=O) groups is 2. The molecule has 1 fully saturated rings. The summed E-state index contributed by atoms with van der Waals surface area (Å²) in [5.74, 6) is -0.521. The monoisotopic (exact) mass is 559 g/mol. The summed E-state index contributed by atoms with van der Waals surface area (Å²) in [5, 5.41) is 2.76. The Bertz CT molecular complexity index is 1500. The minimum Gasteiger partial charge on any atom is -0.451 e. The van der Waals surface area contributed by atoms with Gasteiger partial charge in [0.05, 0.1) is 18.5 Å². The van der Waals surface area contributed by atoms with Gasteiger partial charge in [0.15, 0.2) is 37.6 Å².